The summed E-state index contributed by atoms with van der Waals surface area (Å²) in [5.41, 5.74) is 2.23. The quantitative estimate of drug-likeness (QED) is 0.925. The molecule has 2 atom stereocenters. The Morgan fingerprint density at radius 3 is 2.48 bits per heavy atom. The first-order valence-corrected chi connectivity index (χ1v) is 8.32. The van der Waals surface area contributed by atoms with Gasteiger partial charge in [0.15, 0.2) is 0 Å². The number of hydrogen-bond acceptors (Lipinski definition) is 4. The molecule has 5 heteroatoms. The largest absolute Gasteiger partial charge is 0.373 e. The maximum Gasteiger partial charge on any atom is 0.253 e. The summed E-state index contributed by atoms with van der Waals surface area (Å²) in [6, 6.07) is 3.72. The van der Waals surface area contributed by atoms with Gasteiger partial charge in [-0.15, -0.1) is 0 Å². The predicted octanol–water partition coefficient (Wildman–Crippen LogP) is 2.32. The van der Waals surface area contributed by atoms with Crippen molar-refractivity contribution in [1.29, 1.82) is 0 Å². The lowest BCUT2D eigenvalue weighted by atomic mass is 9.99. The Kier molecular flexibility index (Phi) is 5.42. The minimum Gasteiger partial charge on any atom is -0.373 e. The van der Waals surface area contributed by atoms with Crippen LogP contribution in [0.3, 0.4) is 0 Å². The van der Waals surface area contributed by atoms with E-state index in [1.807, 2.05) is 26.0 Å². The lowest BCUT2D eigenvalue weighted by Crippen LogP contribution is -2.58. The molecule has 1 fully saturated rings. The van der Waals surface area contributed by atoms with Gasteiger partial charge in [-0.3, -0.25) is 14.7 Å². The van der Waals surface area contributed by atoms with Crippen molar-refractivity contribution in [3.8, 4) is 0 Å². The fraction of sp³-hybridized carbons (Fsp3) is 0.667. The van der Waals surface area contributed by atoms with Crippen molar-refractivity contribution in [2.75, 3.05) is 19.6 Å². The summed E-state index contributed by atoms with van der Waals surface area (Å²) in [5.74, 6) is -0.0579. The topological polar surface area (TPSA) is 54.5 Å². The number of nitrogens with zero attached hydrogens (tertiary/aromatic N) is 2. The summed E-state index contributed by atoms with van der Waals surface area (Å²) in [6.07, 6.45) is 0.439. The lowest BCUT2D eigenvalue weighted by molar-refractivity contribution is -0.0948. The van der Waals surface area contributed by atoms with Crippen LogP contribution in [-0.2, 0) is 4.74 Å². The van der Waals surface area contributed by atoms with Gasteiger partial charge in [-0.1, -0.05) is 0 Å². The van der Waals surface area contributed by atoms with Crippen molar-refractivity contribution in [2.45, 2.75) is 59.3 Å². The Hall–Kier alpha value is -1.46. The van der Waals surface area contributed by atoms with Gasteiger partial charge < -0.3 is 10.1 Å². The summed E-state index contributed by atoms with van der Waals surface area (Å²) < 4.78 is 5.80. The Morgan fingerprint density at radius 1 is 1.30 bits per heavy atom. The molecule has 128 valence electrons. The molecule has 0 aliphatic carbocycles. The van der Waals surface area contributed by atoms with Crippen LogP contribution in [0.4, 0.5) is 0 Å². The number of ether oxygens (including phenoxy) is 1. The van der Waals surface area contributed by atoms with Crippen LogP contribution in [0.5, 0.6) is 0 Å². The van der Waals surface area contributed by atoms with E-state index < -0.39 is 0 Å². The van der Waals surface area contributed by atoms with Crippen molar-refractivity contribution in [3.05, 3.63) is 29.1 Å². The second-order valence-electron chi connectivity index (χ2n) is 7.24. The van der Waals surface area contributed by atoms with Crippen LogP contribution in [0.25, 0.3) is 0 Å². The molecule has 23 heavy (non-hydrogen) atoms. The van der Waals surface area contributed by atoms with Crippen molar-refractivity contribution in [2.24, 2.45) is 0 Å². The molecule has 1 saturated heterocycles. The van der Waals surface area contributed by atoms with Crippen LogP contribution < -0.4 is 5.32 Å². The summed E-state index contributed by atoms with van der Waals surface area (Å²) in [7, 11) is 0. The summed E-state index contributed by atoms with van der Waals surface area (Å²) in [6.45, 7) is 14.7. The molecule has 2 unspecified atom stereocenters. The third kappa shape index (κ3) is 4.52. The number of amides is 1. The number of pyridine rings is 1. The van der Waals surface area contributed by atoms with Gasteiger partial charge in [0.1, 0.15) is 0 Å². The molecule has 0 spiro atoms. The van der Waals surface area contributed by atoms with Crippen LogP contribution in [0.15, 0.2) is 12.1 Å². The molecule has 1 aromatic heterocycles. The number of nitrogens with one attached hydrogen (secondary N) is 1. The number of hydrogen-bond donors (Lipinski definition) is 1. The molecule has 2 rings (SSSR count). The molecule has 1 amide bonds. The Morgan fingerprint density at radius 2 is 1.91 bits per heavy atom. The summed E-state index contributed by atoms with van der Waals surface area (Å²) >= 11 is 0. The Bertz CT molecular complexity index is 561. The SMILES string of the molecule is Cc1ccc(C(=O)NCC(C)(C)N2CC(C)OC(C)C2)c(C)n1. The normalized spacial score (nSPS) is 22.9. The van der Waals surface area contributed by atoms with Crippen molar-refractivity contribution in [3.63, 3.8) is 0 Å². The fourth-order valence-electron chi connectivity index (χ4n) is 3.10. The highest BCUT2D eigenvalue weighted by Gasteiger charge is 2.33. The van der Waals surface area contributed by atoms with E-state index in [2.05, 4.69) is 42.9 Å². The molecular weight excluding hydrogens is 290 g/mol. The molecule has 1 aliphatic rings. The number of morpholine rings is 1. The third-order valence-electron chi connectivity index (χ3n) is 4.43. The minimum absolute atomic E-state index is 0.0579. The van der Waals surface area contributed by atoms with Crippen molar-refractivity contribution in [1.82, 2.24) is 15.2 Å². The van der Waals surface area contributed by atoms with Crippen molar-refractivity contribution < 1.29 is 9.53 Å². The second kappa shape index (κ2) is 6.97. The average Bonchev–Trinajstić information content (AvgIpc) is 2.44. The van der Waals surface area contributed by atoms with Gasteiger partial charge >= 0.3 is 0 Å². The van der Waals surface area contributed by atoms with Crippen LogP contribution in [-0.4, -0.2) is 53.2 Å². The maximum atomic E-state index is 12.4. The van der Waals surface area contributed by atoms with Gasteiger partial charge in [0.05, 0.1) is 23.5 Å². The molecule has 0 saturated carbocycles. The highest BCUT2D eigenvalue weighted by molar-refractivity contribution is 5.95. The number of rotatable bonds is 4. The van der Waals surface area contributed by atoms with Gasteiger partial charge in [0, 0.05) is 30.9 Å². The number of aryl methyl sites for hydroxylation is 2. The van der Waals surface area contributed by atoms with E-state index in [0.29, 0.717) is 12.1 Å². The molecule has 5 nitrogen and oxygen atoms in total. The monoisotopic (exact) mass is 319 g/mol. The number of carbonyl (C=O) groups excluding carboxylic acids is 1. The van der Waals surface area contributed by atoms with E-state index in [4.69, 9.17) is 4.74 Å². The first kappa shape index (κ1) is 17.9. The fourth-order valence-corrected chi connectivity index (χ4v) is 3.10. The van der Waals surface area contributed by atoms with E-state index in [1.165, 1.54) is 0 Å². The summed E-state index contributed by atoms with van der Waals surface area (Å²) in [5, 5.41) is 3.07. The van der Waals surface area contributed by atoms with Gasteiger partial charge in [0.25, 0.3) is 5.91 Å². The molecule has 0 radical (unpaired) electrons. The molecule has 1 aliphatic heterocycles. The van der Waals surface area contributed by atoms with Gasteiger partial charge in [-0.05, 0) is 53.7 Å². The maximum absolute atomic E-state index is 12.4. The molecule has 0 aromatic carbocycles. The number of aromatic nitrogens is 1. The first-order chi connectivity index (χ1) is 10.7. The Balaban J connectivity index is 1.99. The zero-order valence-electron chi connectivity index (χ0n) is 15.1. The van der Waals surface area contributed by atoms with E-state index >= 15 is 0 Å². The average molecular weight is 319 g/mol. The molecule has 0 bridgehead atoms. The summed E-state index contributed by atoms with van der Waals surface area (Å²) in [4.78, 5) is 19.2. The molecule has 1 aromatic rings. The van der Waals surface area contributed by atoms with Crippen molar-refractivity contribution >= 4 is 5.91 Å². The minimum atomic E-state index is -0.117. The predicted molar refractivity (Wildman–Crippen MR) is 91.7 cm³/mol. The van der Waals surface area contributed by atoms with E-state index in [9.17, 15) is 4.79 Å². The van der Waals surface area contributed by atoms with Crippen LogP contribution in [0, 0.1) is 13.8 Å². The van der Waals surface area contributed by atoms with Crippen LogP contribution in [0.2, 0.25) is 0 Å². The van der Waals surface area contributed by atoms with Crippen LogP contribution >= 0.6 is 0 Å². The zero-order chi connectivity index (χ0) is 17.2. The van der Waals surface area contributed by atoms with E-state index in [-0.39, 0.29) is 23.7 Å². The zero-order valence-corrected chi connectivity index (χ0v) is 15.1. The molecule has 1 N–H and O–H groups in total. The Labute approximate surface area is 139 Å². The van der Waals surface area contributed by atoms with Gasteiger partial charge in [-0.25, -0.2) is 0 Å². The van der Waals surface area contributed by atoms with Crippen LogP contribution in [0.1, 0.15) is 49.4 Å². The van der Waals surface area contributed by atoms with E-state index in [1.54, 1.807) is 0 Å². The first-order valence-electron chi connectivity index (χ1n) is 8.32. The smallest absolute Gasteiger partial charge is 0.253 e. The highest BCUT2D eigenvalue weighted by Crippen LogP contribution is 2.21. The molecule has 2 heterocycles. The molecular formula is C18H29N3O2. The van der Waals surface area contributed by atoms with Gasteiger partial charge in [-0.2, -0.15) is 0 Å². The van der Waals surface area contributed by atoms with Gasteiger partial charge in [0.2, 0.25) is 0 Å². The highest BCUT2D eigenvalue weighted by atomic mass is 16.5. The van der Waals surface area contributed by atoms with E-state index in [0.717, 1.165) is 24.5 Å². The second-order valence-corrected chi connectivity index (χ2v) is 7.24. The number of carbonyl (C=O) groups is 1. The third-order valence-corrected chi connectivity index (χ3v) is 4.43. The lowest BCUT2D eigenvalue weighted by Gasteiger charge is -2.45. The standard InChI is InChI=1S/C18H29N3O2/c1-12-7-8-16(15(4)20-12)17(22)19-11-18(5,6)21-9-13(2)23-14(3)10-21/h7-8,13-14H,9-11H2,1-6H3,(H,19,22).